The third-order valence-electron chi connectivity index (χ3n) is 1.95. The van der Waals surface area contributed by atoms with Crippen molar-refractivity contribution >= 4 is 5.78 Å². The summed E-state index contributed by atoms with van der Waals surface area (Å²) in [5, 5.41) is 0. The Kier molecular flexibility index (Phi) is 3.83. The molecule has 2 nitrogen and oxygen atoms in total. The highest BCUT2D eigenvalue weighted by molar-refractivity contribution is 5.94. The van der Waals surface area contributed by atoms with Crippen LogP contribution in [-0.4, -0.2) is 19.0 Å². The Balaban J connectivity index is 2.47. The Labute approximate surface area is 77.1 Å². The van der Waals surface area contributed by atoms with Crippen molar-refractivity contribution in [2.24, 2.45) is 0 Å². The van der Waals surface area contributed by atoms with Gasteiger partial charge in [-0.15, -0.1) is 0 Å². The lowest BCUT2D eigenvalue weighted by atomic mass is 10.1. The molecular formula is C10H13FO2. The van der Waals surface area contributed by atoms with Gasteiger partial charge in [0.05, 0.1) is 13.2 Å². The fourth-order valence-corrected chi connectivity index (χ4v) is 1.22. The minimum Gasteiger partial charge on any atom is -0.381 e. The maximum atomic E-state index is 12.3. The topological polar surface area (TPSA) is 26.3 Å². The maximum absolute atomic E-state index is 12.3. The quantitative estimate of drug-likeness (QED) is 0.496. The molecule has 3 heteroatoms. The highest BCUT2D eigenvalue weighted by Gasteiger charge is 2.10. The number of hydrogen-bond acceptors (Lipinski definition) is 2. The fourth-order valence-electron chi connectivity index (χ4n) is 1.22. The van der Waals surface area contributed by atoms with E-state index in [2.05, 4.69) is 6.58 Å². The molecule has 72 valence electrons. The Morgan fingerprint density at radius 2 is 2.38 bits per heavy atom. The first-order valence-corrected chi connectivity index (χ1v) is 4.33. The van der Waals surface area contributed by atoms with Crippen molar-refractivity contribution in [2.75, 3.05) is 13.2 Å². The fraction of sp³-hybridized carbons (Fsp3) is 0.500. The number of rotatable bonds is 3. The molecule has 0 aromatic rings. The van der Waals surface area contributed by atoms with Gasteiger partial charge in [-0.05, 0) is 12.8 Å². The van der Waals surface area contributed by atoms with Gasteiger partial charge >= 0.3 is 0 Å². The van der Waals surface area contributed by atoms with Crippen molar-refractivity contribution in [2.45, 2.75) is 19.3 Å². The summed E-state index contributed by atoms with van der Waals surface area (Å²) in [5.41, 5.74) is 0.960. The van der Waals surface area contributed by atoms with Gasteiger partial charge in [0.2, 0.25) is 0 Å². The van der Waals surface area contributed by atoms with Gasteiger partial charge in [0.15, 0.2) is 11.6 Å². The van der Waals surface area contributed by atoms with Gasteiger partial charge in [-0.25, -0.2) is 4.39 Å². The average Bonchev–Trinajstić information content (AvgIpc) is 2.32. The van der Waals surface area contributed by atoms with E-state index in [9.17, 15) is 9.18 Å². The van der Waals surface area contributed by atoms with Crippen LogP contribution in [0.2, 0.25) is 0 Å². The van der Waals surface area contributed by atoms with Gasteiger partial charge in [0.25, 0.3) is 0 Å². The van der Waals surface area contributed by atoms with Crippen molar-refractivity contribution < 1.29 is 13.9 Å². The van der Waals surface area contributed by atoms with Crippen molar-refractivity contribution in [3.05, 3.63) is 24.1 Å². The van der Waals surface area contributed by atoms with Crippen LogP contribution in [0, 0.1) is 0 Å². The zero-order valence-corrected chi connectivity index (χ0v) is 7.51. The van der Waals surface area contributed by atoms with Gasteiger partial charge < -0.3 is 4.74 Å². The van der Waals surface area contributed by atoms with Crippen molar-refractivity contribution in [1.29, 1.82) is 0 Å². The molecule has 0 aromatic heterocycles. The molecule has 0 aromatic carbocycles. The lowest BCUT2D eigenvalue weighted by Gasteiger charge is -2.01. The Hall–Kier alpha value is -0.960. The molecule has 0 saturated heterocycles. The van der Waals surface area contributed by atoms with Crippen molar-refractivity contribution in [3.63, 3.8) is 0 Å². The second kappa shape index (κ2) is 4.92. The summed E-state index contributed by atoms with van der Waals surface area (Å²) in [7, 11) is 0. The van der Waals surface area contributed by atoms with Gasteiger partial charge in [0.1, 0.15) is 0 Å². The normalized spacial score (nSPS) is 17.5. The highest BCUT2D eigenvalue weighted by atomic mass is 19.1. The zero-order valence-electron chi connectivity index (χ0n) is 7.51. The van der Waals surface area contributed by atoms with Crippen LogP contribution in [0.5, 0.6) is 0 Å². The molecule has 0 unspecified atom stereocenters. The minimum atomic E-state index is -0.855. The predicted octanol–water partition coefficient (Wildman–Crippen LogP) is 2.17. The van der Waals surface area contributed by atoms with E-state index in [1.807, 2.05) is 6.08 Å². The van der Waals surface area contributed by atoms with Crippen LogP contribution < -0.4 is 0 Å². The third-order valence-corrected chi connectivity index (χ3v) is 1.95. The largest absolute Gasteiger partial charge is 0.381 e. The van der Waals surface area contributed by atoms with E-state index in [0.717, 1.165) is 18.4 Å². The van der Waals surface area contributed by atoms with Crippen LogP contribution in [-0.2, 0) is 9.53 Å². The summed E-state index contributed by atoms with van der Waals surface area (Å²) in [5.74, 6) is -1.38. The van der Waals surface area contributed by atoms with Crippen LogP contribution in [0.4, 0.5) is 4.39 Å². The summed E-state index contributed by atoms with van der Waals surface area (Å²) >= 11 is 0. The van der Waals surface area contributed by atoms with Crippen LogP contribution in [0.1, 0.15) is 19.3 Å². The molecule has 0 fully saturated rings. The van der Waals surface area contributed by atoms with Crippen molar-refractivity contribution in [1.82, 2.24) is 0 Å². The lowest BCUT2D eigenvalue weighted by molar-refractivity contribution is -0.116. The average molecular weight is 184 g/mol. The van der Waals surface area contributed by atoms with E-state index in [4.69, 9.17) is 4.74 Å². The summed E-state index contributed by atoms with van der Waals surface area (Å²) in [6, 6.07) is 0. The van der Waals surface area contributed by atoms with E-state index < -0.39 is 11.6 Å². The zero-order chi connectivity index (χ0) is 9.68. The van der Waals surface area contributed by atoms with Gasteiger partial charge in [-0.3, -0.25) is 4.79 Å². The summed E-state index contributed by atoms with van der Waals surface area (Å²) in [6.45, 7) is 4.28. The predicted molar refractivity (Wildman–Crippen MR) is 48.0 cm³/mol. The maximum Gasteiger partial charge on any atom is 0.194 e. The molecule has 13 heavy (non-hydrogen) atoms. The van der Waals surface area contributed by atoms with E-state index in [0.29, 0.717) is 13.2 Å². The number of allylic oxidation sites excluding steroid dienone is 1. The summed E-state index contributed by atoms with van der Waals surface area (Å²) in [6.07, 6.45) is 3.63. The van der Waals surface area contributed by atoms with E-state index >= 15 is 0 Å². The summed E-state index contributed by atoms with van der Waals surface area (Å²) in [4.78, 5) is 11.0. The van der Waals surface area contributed by atoms with Crippen molar-refractivity contribution in [3.8, 4) is 0 Å². The molecular weight excluding hydrogens is 171 g/mol. The Morgan fingerprint density at radius 3 is 3.08 bits per heavy atom. The van der Waals surface area contributed by atoms with E-state index in [1.54, 1.807) is 0 Å². The molecule has 1 aliphatic heterocycles. The van der Waals surface area contributed by atoms with E-state index in [1.165, 1.54) is 0 Å². The number of ketones is 1. The second-order valence-corrected chi connectivity index (χ2v) is 3.02. The highest BCUT2D eigenvalue weighted by Crippen LogP contribution is 2.14. The first-order chi connectivity index (χ1) is 6.20. The molecule has 0 spiro atoms. The molecule has 1 aliphatic rings. The Morgan fingerprint density at radius 1 is 1.62 bits per heavy atom. The smallest absolute Gasteiger partial charge is 0.194 e. The molecule has 0 saturated carbocycles. The van der Waals surface area contributed by atoms with Crippen LogP contribution >= 0.6 is 0 Å². The number of carbonyl (C=O) groups is 1. The van der Waals surface area contributed by atoms with Gasteiger partial charge in [-0.2, -0.15) is 0 Å². The molecule has 1 heterocycles. The Bertz CT molecular complexity index is 243. The molecule has 0 aliphatic carbocycles. The monoisotopic (exact) mass is 184 g/mol. The van der Waals surface area contributed by atoms with Gasteiger partial charge in [0, 0.05) is 6.42 Å². The van der Waals surface area contributed by atoms with E-state index in [-0.39, 0.29) is 6.42 Å². The number of Topliss-reactive ketones (excluding diaryl/α,β-unsaturated/α-hetero) is 1. The molecule has 1 rings (SSSR count). The first kappa shape index (κ1) is 10.1. The first-order valence-electron chi connectivity index (χ1n) is 4.33. The second-order valence-electron chi connectivity index (χ2n) is 3.02. The number of hydrogen-bond donors (Lipinski definition) is 0. The van der Waals surface area contributed by atoms with Crippen LogP contribution in [0.25, 0.3) is 0 Å². The minimum absolute atomic E-state index is 0.151. The standard InChI is InChI=1S/C10H13FO2/c1-8(11)10(12)7-9-3-2-5-13-6-4-9/h3H,1-2,4-7H2. The van der Waals surface area contributed by atoms with Crippen LogP contribution in [0.3, 0.4) is 0 Å². The molecule has 0 amide bonds. The molecule has 0 bridgehead atoms. The lowest BCUT2D eigenvalue weighted by Crippen LogP contribution is -2.01. The third kappa shape index (κ3) is 3.51. The van der Waals surface area contributed by atoms with Crippen LogP contribution in [0.15, 0.2) is 24.1 Å². The number of carbonyl (C=O) groups excluding carboxylic acids is 1. The molecule has 0 atom stereocenters. The molecule has 0 radical (unpaired) electrons. The number of ether oxygens (including phenoxy) is 1. The van der Waals surface area contributed by atoms with Gasteiger partial charge in [-0.1, -0.05) is 18.2 Å². The molecule has 0 N–H and O–H groups in total. The number of halogens is 1. The summed E-state index contributed by atoms with van der Waals surface area (Å²) < 4.78 is 17.5. The SMILES string of the molecule is C=C(F)C(=O)CC1=CCCOCC1.